The third kappa shape index (κ3) is 3.92. The number of nitrogens with zero attached hydrogens (tertiary/aromatic N) is 3. The molecule has 1 heterocycles. The third-order valence-corrected chi connectivity index (χ3v) is 3.80. The Morgan fingerprint density at radius 1 is 1.33 bits per heavy atom. The Hall–Kier alpha value is -0.400. The van der Waals surface area contributed by atoms with Gasteiger partial charge in [-0.25, -0.2) is 4.68 Å². The number of nitrogens with two attached hydrogens (primary N) is 2. The van der Waals surface area contributed by atoms with Crippen LogP contribution in [-0.2, 0) is 5.75 Å². The van der Waals surface area contributed by atoms with E-state index in [4.69, 9.17) is 11.6 Å². The summed E-state index contributed by atoms with van der Waals surface area (Å²) >= 11 is 3.36. The molecule has 0 atom stereocenters. The van der Waals surface area contributed by atoms with Gasteiger partial charge in [0.25, 0.3) is 0 Å². The van der Waals surface area contributed by atoms with Gasteiger partial charge in [0.15, 0.2) is 5.82 Å². The number of hydrogen-bond acceptors (Lipinski definition) is 6. The molecule has 0 saturated carbocycles. The molecule has 0 spiro atoms. The minimum absolute atomic E-state index is 0.622. The molecule has 5 nitrogen and oxygen atoms in total. The molecule has 0 aliphatic heterocycles. The highest BCUT2D eigenvalue weighted by atomic mass is 32.2. The van der Waals surface area contributed by atoms with Crippen molar-refractivity contribution in [3.63, 3.8) is 0 Å². The van der Waals surface area contributed by atoms with Gasteiger partial charge < -0.3 is 11.6 Å². The molecule has 86 valence electrons. The van der Waals surface area contributed by atoms with E-state index < -0.39 is 0 Å². The molecular formula is C8H17N5S2. The Morgan fingerprint density at radius 2 is 2.13 bits per heavy atom. The number of thioether (sulfide) groups is 2. The van der Waals surface area contributed by atoms with Crippen LogP contribution in [0.1, 0.15) is 19.2 Å². The molecule has 0 bridgehead atoms. The van der Waals surface area contributed by atoms with Crippen molar-refractivity contribution in [2.24, 2.45) is 5.73 Å². The second-order valence-corrected chi connectivity index (χ2v) is 5.13. The molecule has 15 heavy (non-hydrogen) atoms. The quantitative estimate of drug-likeness (QED) is 0.419. The van der Waals surface area contributed by atoms with Gasteiger partial charge in [-0.3, -0.25) is 0 Å². The first-order chi connectivity index (χ1) is 7.29. The molecule has 0 aromatic carbocycles. The molecule has 1 rings (SSSR count). The van der Waals surface area contributed by atoms with Gasteiger partial charge in [-0.1, -0.05) is 18.7 Å². The zero-order valence-corrected chi connectivity index (χ0v) is 10.5. The molecule has 4 N–H and O–H groups in total. The van der Waals surface area contributed by atoms with Gasteiger partial charge in [0.1, 0.15) is 0 Å². The lowest BCUT2D eigenvalue weighted by atomic mass is 10.6. The van der Waals surface area contributed by atoms with Gasteiger partial charge in [-0.05, 0) is 12.2 Å². The van der Waals surface area contributed by atoms with Crippen molar-refractivity contribution in [3.8, 4) is 0 Å². The fourth-order valence-corrected chi connectivity index (χ4v) is 2.42. The molecule has 7 heteroatoms. The fourth-order valence-electron chi connectivity index (χ4n) is 0.962. The lowest BCUT2D eigenvalue weighted by Gasteiger charge is -2.02. The smallest absolute Gasteiger partial charge is 0.209 e. The lowest BCUT2D eigenvalue weighted by molar-refractivity contribution is 0.820. The Kier molecular flexibility index (Phi) is 5.89. The summed E-state index contributed by atoms with van der Waals surface area (Å²) in [6.07, 6.45) is 1.16. The maximum absolute atomic E-state index is 5.84. The molecule has 0 aliphatic rings. The van der Waals surface area contributed by atoms with E-state index in [2.05, 4.69) is 17.1 Å². The maximum atomic E-state index is 5.84. The number of aromatic nitrogens is 3. The van der Waals surface area contributed by atoms with Gasteiger partial charge in [0.2, 0.25) is 5.16 Å². The standard InChI is InChI=1S/C8H17N5S2/c1-2-4-14-6-7-11-12-8(13(7)10)15-5-3-9/h2-6,9-10H2,1H3. The van der Waals surface area contributed by atoms with Crippen LogP contribution in [0.3, 0.4) is 0 Å². The van der Waals surface area contributed by atoms with Crippen molar-refractivity contribution in [2.75, 3.05) is 23.9 Å². The minimum Gasteiger partial charge on any atom is -0.336 e. The highest BCUT2D eigenvalue weighted by Gasteiger charge is 2.08. The van der Waals surface area contributed by atoms with Crippen LogP contribution in [0.2, 0.25) is 0 Å². The summed E-state index contributed by atoms with van der Waals surface area (Å²) in [5.74, 6) is 9.43. The van der Waals surface area contributed by atoms with Crippen molar-refractivity contribution in [1.82, 2.24) is 14.9 Å². The van der Waals surface area contributed by atoms with Gasteiger partial charge in [0, 0.05) is 12.3 Å². The fraction of sp³-hybridized carbons (Fsp3) is 0.750. The van der Waals surface area contributed by atoms with Crippen LogP contribution in [0.25, 0.3) is 0 Å². The van der Waals surface area contributed by atoms with Crippen molar-refractivity contribution in [3.05, 3.63) is 5.82 Å². The van der Waals surface area contributed by atoms with E-state index in [1.54, 1.807) is 4.68 Å². The Labute approximate surface area is 98.3 Å². The summed E-state index contributed by atoms with van der Waals surface area (Å²) in [4.78, 5) is 0. The topological polar surface area (TPSA) is 82.8 Å². The van der Waals surface area contributed by atoms with Crippen LogP contribution in [0.4, 0.5) is 0 Å². The lowest BCUT2D eigenvalue weighted by Crippen LogP contribution is -2.14. The highest BCUT2D eigenvalue weighted by Crippen LogP contribution is 2.16. The summed E-state index contributed by atoms with van der Waals surface area (Å²) in [7, 11) is 0. The molecule has 0 saturated heterocycles. The van der Waals surface area contributed by atoms with Crippen LogP contribution in [-0.4, -0.2) is 32.9 Å². The number of rotatable bonds is 7. The van der Waals surface area contributed by atoms with Crippen molar-refractivity contribution < 1.29 is 0 Å². The van der Waals surface area contributed by atoms with Crippen LogP contribution in [0.5, 0.6) is 0 Å². The summed E-state index contributed by atoms with van der Waals surface area (Å²) in [6, 6.07) is 0. The molecule has 1 aromatic rings. The highest BCUT2D eigenvalue weighted by molar-refractivity contribution is 7.99. The average molecular weight is 247 g/mol. The van der Waals surface area contributed by atoms with E-state index in [0.29, 0.717) is 6.54 Å². The van der Waals surface area contributed by atoms with Crippen LogP contribution >= 0.6 is 23.5 Å². The zero-order chi connectivity index (χ0) is 11.1. The van der Waals surface area contributed by atoms with Gasteiger partial charge in [-0.15, -0.1) is 10.2 Å². The molecule has 0 aliphatic carbocycles. The first kappa shape index (κ1) is 12.7. The molecule has 0 radical (unpaired) electrons. The second-order valence-electron chi connectivity index (χ2n) is 2.96. The van der Waals surface area contributed by atoms with Crippen LogP contribution in [0, 0.1) is 0 Å². The van der Waals surface area contributed by atoms with E-state index in [9.17, 15) is 0 Å². The molecule has 0 amide bonds. The largest absolute Gasteiger partial charge is 0.336 e. The first-order valence-corrected chi connectivity index (χ1v) is 7.03. The van der Waals surface area contributed by atoms with Crippen molar-refractivity contribution in [1.29, 1.82) is 0 Å². The Bertz CT molecular complexity index is 289. The van der Waals surface area contributed by atoms with Crippen LogP contribution < -0.4 is 11.6 Å². The monoisotopic (exact) mass is 247 g/mol. The molecular weight excluding hydrogens is 230 g/mol. The van der Waals surface area contributed by atoms with E-state index in [-0.39, 0.29) is 0 Å². The Balaban J connectivity index is 2.47. The van der Waals surface area contributed by atoms with Crippen molar-refractivity contribution in [2.45, 2.75) is 24.3 Å². The molecule has 1 aromatic heterocycles. The minimum atomic E-state index is 0.622. The SMILES string of the molecule is CCCSCc1nnc(SCCN)n1N. The predicted octanol–water partition coefficient (Wildman–Crippen LogP) is 0.686. The molecule has 0 fully saturated rings. The van der Waals surface area contributed by atoms with Gasteiger partial charge in [-0.2, -0.15) is 11.8 Å². The maximum Gasteiger partial charge on any atom is 0.209 e. The zero-order valence-electron chi connectivity index (χ0n) is 8.85. The Morgan fingerprint density at radius 3 is 2.80 bits per heavy atom. The summed E-state index contributed by atoms with van der Waals surface area (Å²) < 4.78 is 1.56. The second kappa shape index (κ2) is 6.97. The summed E-state index contributed by atoms with van der Waals surface area (Å²) in [5.41, 5.74) is 5.41. The third-order valence-electron chi connectivity index (χ3n) is 1.66. The predicted molar refractivity (Wildman–Crippen MR) is 66.4 cm³/mol. The normalized spacial score (nSPS) is 10.8. The van der Waals surface area contributed by atoms with Gasteiger partial charge in [0.05, 0.1) is 5.75 Å². The van der Waals surface area contributed by atoms with E-state index in [0.717, 1.165) is 34.7 Å². The van der Waals surface area contributed by atoms with E-state index in [1.807, 2.05) is 11.8 Å². The summed E-state index contributed by atoms with van der Waals surface area (Å²) in [5, 5.41) is 8.80. The number of hydrogen-bond donors (Lipinski definition) is 2. The first-order valence-electron chi connectivity index (χ1n) is 4.89. The average Bonchev–Trinajstić information content (AvgIpc) is 2.58. The van der Waals surface area contributed by atoms with Gasteiger partial charge >= 0.3 is 0 Å². The number of nitrogen functional groups attached to an aromatic ring is 1. The van der Waals surface area contributed by atoms with E-state index in [1.165, 1.54) is 11.8 Å². The van der Waals surface area contributed by atoms with Crippen LogP contribution in [0.15, 0.2) is 5.16 Å². The molecule has 0 unspecified atom stereocenters. The summed E-state index contributed by atoms with van der Waals surface area (Å²) in [6.45, 7) is 2.78. The van der Waals surface area contributed by atoms with E-state index >= 15 is 0 Å². The van der Waals surface area contributed by atoms with Crippen molar-refractivity contribution >= 4 is 23.5 Å².